The Balaban J connectivity index is 2.86. The predicted octanol–water partition coefficient (Wildman–Crippen LogP) is 4.96. The van der Waals surface area contributed by atoms with Gasteiger partial charge in [-0.05, 0) is 13.3 Å². The fourth-order valence-electron chi connectivity index (χ4n) is 2.06. The van der Waals surface area contributed by atoms with E-state index in [1.54, 1.807) is 0 Å². The number of hydrogen-bond acceptors (Lipinski definition) is 2. The summed E-state index contributed by atoms with van der Waals surface area (Å²) >= 11 is 0. The molecule has 0 amide bonds. The van der Waals surface area contributed by atoms with Gasteiger partial charge in [-0.3, -0.25) is 0 Å². The standard InChI is InChI=1S/C16H34O2/c1-3-5-6-7-8-9-10-11-12-13-14-18-16-15-17-4-2/h3-16H2,1-2H3. The number of ether oxygens (including phenoxy) is 2. The van der Waals surface area contributed by atoms with Crippen molar-refractivity contribution in [3.8, 4) is 0 Å². The zero-order valence-corrected chi connectivity index (χ0v) is 12.7. The minimum Gasteiger partial charge on any atom is -0.379 e. The van der Waals surface area contributed by atoms with Crippen LogP contribution in [0.4, 0.5) is 0 Å². The van der Waals surface area contributed by atoms with Gasteiger partial charge in [0.15, 0.2) is 0 Å². The van der Waals surface area contributed by atoms with Crippen molar-refractivity contribution in [2.75, 3.05) is 26.4 Å². The fraction of sp³-hybridized carbons (Fsp3) is 1.00. The van der Waals surface area contributed by atoms with E-state index in [2.05, 4.69) is 6.92 Å². The van der Waals surface area contributed by atoms with Gasteiger partial charge in [0.05, 0.1) is 13.2 Å². The SMILES string of the molecule is CCCCCCCCCCCCOCCOCC. The van der Waals surface area contributed by atoms with Crippen LogP contribution in [0, 0.1) is 0 Å². The fourth-order valence-corrected chi connectivity index (χ4v) is 2.06. The molecule has 2 heteroatoms. The average molecular weight is 258 g/mol. The molecule has 0 atom stereocenters. The molecular formula is C16H34O2. The van der Waals surface area contributed by atoms with Gasteiger partial charge < -0.3 is 9.47 Å². The van der Waals surface area contributed by atoms with Gasteiger partial charge >= 0.3 is 0 Å². The zero-order chi connectivity index (χ0) is 13.3. The van der Waals surface area contributed by atoms with Gasteiger partial charge in [-0.2, -0.15) is 0 Å². The molecule has 0 bridgehead atoms. The monoisotopic (exact) mass is 258 g/mol. The zero-order valence-electron chi connectivity index (χ0n) is 12.7. The molecule has 0 aromatic heterocycles. The van der Waals surface area contributed by atoms with E-state index in [9.17, 15) is 0 Å². The molecular weight excluding hydrogens is 224 g/mol. The lowest BCUT2D eigenvalue weighted by Gasteiger charge is -2.04. The van der Waals surface area contributed by atoms with Gasteiger partial charge in [-0.1, -0.05) is 64.7 Å². The summed E-state index contributed by atoms with van der Waals surface area (Å²) < 4.78 is 10.7. The van der Waals surface area contributed by atoms with Crippen LogP contribution in [0.25, 0.3) is 0 Å². The normalized spacial score (nSPS) is 11.0. The van der Waals surface area contributed by atoms with E-state index < -0.39 is 0 Å². The van der Waals surface area contributed by atoms with E-state index in [1.807, 2.05) is 6.92 Å². The van der Waals surface area contributed by atoms with Gasteiger partial charge in [0, 0.05) is 13.2 Å². The molecule has 0 radical (unpaired) electrons. The summed E-state index contributed by atoms with van der Waals surface area (Å²) in [4.78, 5) is 0. The summed E-state index contributed by atoms with van der Waals surface area (Å²) in [5.74, 6) is 0. The Kier molecular flexibility index (Phi) is 16.8. The molecule has 0 aromatic carbocycles. The summed E-state index contributed by atoms with van der Waals surface area (Å²) in [6.45, 7) is 7.49. The van der Waals surface area contributed by atoms with Gasteiger partial charge in [-0.15, -0.1) is 0 Å². The average Bonchev–Trinajstić information content (AvgIpc) is 2.39. The van der Waals surface area contributed by atoms with E-state index in [-0.39, 0.29) is 0 Å². The Morgan fingerprint density at radius 2 is 1.00 bits per heavy atom. The molecule has 0 aliphatic heterocycles. The maximum Gasteiger partial charge on any atom is 0.0700 e. The Morgan fingerprint density at radius 3 is 1.56 bits per heavy atom. The molecule has 0 aromatic rings. The lowest BCUT2D eigenvalue weighted by molar-refractivity contribution is 0.0512. The quantitative estimate of drug-likeness (QED) is 0.386. The summed E-state index contributed by atoms with van der Waals surface area (Å²) in [6.07, 6.45) is 13.8. The Labute approximate surface area is 114 Å². The smallest absolute Gasteiger partial charge is 0.0700 e. The van der Waals surface area contributed by atoms with Gasteiger partial charge in [0.25, 0.3) is 0 Å². The first kappa shape index (κ1) is 17.9. The highest BCUT2D eigenvalue weighted by Crippen LogP contribution is 2.10. The summed E-state index contributed by atoms with van der Waals surface area (Å²) in [7, 11) is 0. The van der Waals surface area contributed by atoms with E-state index in [1.165, 1.54) is 64.2 Å². The largest absolute Gasteiger partial charge is 0.379 e. The second kappa shape index (κ2) is 16.9. The maximum absolute atomic E-state index is 5.48. The van der Waals surface area contributed by atoms with Crippen molar-refractivity contribution in [1.82, 2.24) is 0 Å². The molecule has 0 N–H and O–H groups in total. The molecule has 0 fully saturated rings. The van der Waals surface area contributed by atoms with Crippen molar-refractivity contribution in [1.29, 1.82) is 0 Å². The predicted molar refractivity (Wildman–Crippen MR) is 79.2 cm³/mol. The maximum atomic E-state index is 5.48. The van der Waals surface area contributed by atoms with Crippen molar-refractivity contribution < 1.29 is 9.47 Å². The summed E-state index contributed by atoms with van der Waals surface area (Å²) in [5, 5.41) is 0. The van der Waals surface area contributed by atoms with Crippen molar-refractivity contribution in [3.05, 3.63) is 0 Å². The third kappa shape index (κ3) is 15.9. The highest BCUT2D eigenvalue weighted by atomic mass is 16.5. The minimum atomic E-state index is 0.744. The molecule has 0 unspecified atom stereocenters. The first-order valence-corrected chi connectivity index (χ1v) is 8.07. The lowest BCUT2D eigenvalue weighted by atomic mass is 10.1. The van der Waals surface area contributed by atoms with E-state index in [4.69, 9.17) is 9.47 Å². The number of rotatable bonds is 15. The Bertz CT molecular complexity index is 121. The summed E-state index contributed by atoms with van der Waals surface area (Å²) in [6, 6.07) is 0. The lowest BCUT2D eigenvalue weighted by Crippen LogP contribution is -2.04. The van der Waals surface area contributed by atoms with Gasteiger partial charge in [0.1, 0.15) is 0 Å². The van der Waals surface area contributed by atoms with E-state index in [0.29, 0.717) is 0 Å². The van der Waals surface area contributed by atoms with Crippen molar-refractivity contribution in [2.45, 2.75) is 78.1 Å². The van der Waals surface area contributed by atoms with Crippen molar-refractivity contribution >= 4 is 0 Å². The Hall–Kier alpha value is -0.0800. The van der Waals surface area contributed by atoms with Gasteiger partial charge in [-0.25, -0.2) is 0 Å². The van der Waals surface area contributed by atoms with Crippen LogP contribution in [-0.2, 0) is 9.47 Å². The van der Waals surface area contributed by atoms with E-state index >= 15 is 0 Å². The molecule has 18 heavy (non-hydrogen) atoms. The minimum absolute atomic E-state index is 0.744. The third-order valence-electron chi connectivity index (χ3n) is 3.22. The topological polar surface area (TPSA) is 18.5 Å². The molecule has 0 rings (SSSR count). The van der Waals surface area contributed by atoms with Crippen LogP contribution in [0.3, 0.4) is 0 Å². The highest BCUT2D eigenvalue weighted by Gasteiger charge is 1.93. The van der Waals surface area contributed by atoms with Crippen LogP contribution in [-0.4, -0.2) is 26.4 Å². The molecule has 0 aliphatic carbocycles. The van der Waals surface area contributed by atoms with Crippen molar-refractivity contribution in [3.63, 3.8) is 0 Å². The first-order chi connectivity index (χ1) is 8.91. The highest BCUT2D eigenvalue weighted by molar-refractivity contribution is 4.47. The second-order valence-electron chi connectivity index (χ2n) is 4.99. The molecule has 0 aliphatic rings. The number of unbranched alkanes of at least 4 members (excludes halogenated alkanes) is 9. The van der Waals surface area contributed by atoms with Gasteiger partial charge in [0.2, 0.25) is 0 Å². The second-order valence-corrected chi connectivity index (χ2v) is 4.99. The molecule has 0 saturated carbocycles. The molecule has 2 nitrogen and oxygen atoms in total. The Morgan fingerprint density at radius 1 is 0.500 bits per heavy atom. The van der Waals surface area contributed by atoms with Crippen LogP contribution in [0.5, 0.6) is 0 Å². The van der Waals surface area contributed by atoms with Crippen LogP contribution >= 0.6 is 0 Å². The molecule has 0 spiro atoms. The molecule has 110 valence electrons. The molecule has 0 heterocycles. The van der Waals surface area contributed by atoms with Crippen LogP contribution in [0.15, 0.2) is 0 Å². The first-order valence-electron chi connectivity index (χ1n) is 8.07. The third-order valence-corrected chi connectivity index (χ3v) is 3.22. The molecule has 0 saturated heterocycles. The van der Waals surface area contributed by atoms with Crippen LogP contribution in [0.2, 0.25) is 0 Å². The van der Waals surface area contributed by atoms with Crippen molar-refractivity contribution in [2.24, 2.45) is 0 Å². The van der Waals surface area contributed by atoms with Crippen LogP contribution < -0.4 is 0 Å². The number of hydrogen-bond donors (Lipinski definition) is 0. The van der Waals surface area contributed by atoms with Crippen LogP contribution in [0.1, 0.15) is 78.1 Å². The van der Waals surface area contributed by atoms with E-state index in [0.717, 1.165) is 26.4 Å². The summed E-state index contributed by atoms with van der Waals surface area (Å²) in [5.41, 5.74) is 0.